The number of hydrogen-bond donors (Lipinski definition) is 1. The lowest BCUT2D eigenvalue weighted by Gasteiger charge is -2.40. The first-order chi connectivity index (χ1) is 11.5. The predicted molar refractivity (Wildman–Crippen MR) is 86.8 cm³/mol. The standard InChI is InChI=1S/C15H22N4O4S/c1-3-19-5-7-23-14(15(19)13-8-16-11-18(13)2)9-17-24(20,21)12-4-6-22-10-12/h4,6,8,10-11,14-15,17H,3,5,7,9H2,1-2H3/t14-,15-/m0/s1. The molecule has 8 nitrogen and oxygen atoms in total. The molecule has 3 heterocycles. The number of nitrogens with zero attached hydrogens (tertiary/aromatic N) is 3. The molecule has 0 saturated carbocycles. The van der Waals surface area contributed by atoms with Crippen LogP contribution in [0.4, 0.5) is 0 Å². The number of aromatic nitrogens is 2. The molecule has 0 radical (unpaired) electrons. The highest BCUT2D eigenvalue weighted by atomic mass is 32.2. The van der Waals surface area contributed by atoms with Gasteiger partial charge in [-0.2, -0.15) is 0 Å². The highest BCUT2D eigenvalue weighted by molar-refractivity contribution is 7.89. The molecule has 132 valence electrons. The Labute approximate surface area is 141 Å². The van der Waals surface area contributed by atoms with Gasteiger partial charge >= 0.3 is 0 Å². The molecule has 0 bridgehead atoms. The number of sulfonamides is 1. The van der Waals surface area contributed by atoms with Gasteiger partial charge in [0.05, 0.1) is 37.0 Å². The molecule has 1 fully saturated rings. The van der Waals surface area contributed by atoms with E-state index in [1.165, 1.54) is 18.6 Å². The van der Waals surface area contributed by atoms with E-state index in [1.807, 2.05) is 11.6 Å². The summed E-state index contributed by atoms with van der Waals surface area (Å²) in [5.74, 6) is 0. The molecule has 24 heavy (non-hydrogen) atoms. The number of furan rings is 1. The van der Waals surface area contributed by atoms with Gasteiger partial charge in [0.25, 0.3) is 0 Å². The lowest BCUT2D eigenvalue weighted by atomic mass is 10.0. The van der Waals surface area contributed by atoms with Crippen LogP contribution in [-0.4, -0.2) is 55.2 Å². The van der Waals surface area contributed by atoms with Crippen LogP contribution in [0.15, 0.2) is 40.4 Å². The topological polar surface area (TPSA) is 89.6 Å². The fourth-order valence-corrected chi connectivity index (χ4v) is 3.99. The first-order valence-electron chi connectivity index (χ1n) is 7.86. The van der Waals surface area contributed by atoms with Crippen LogP contribution >= 0.6 is 0 Å². The maximum Gasteiger partial charge on any atom is 0.243 e. The Morgan fingerprint density at radius 3 is 2.92 bits per heavy atom. The van der Waals surface area contributed by atoms with Crippen molar-refractivity contribution in [1.29, 1.82) is 0 Å². The average Bonchev–Trinajstić information content (AvgIpc) is 3.24. The van der Waals surface area contributed by atoms with Crippen LogP contribution in [0, 0.1) is 0 Å². The van der Waals surface area contributed by atoms with Gasteiger partial charge in [-0.05, 0) is 12.6 Å². The van der Waals surface area contributed by atoms with Crippen molar-refractivity contribution in [1.82, 2.24) is 19.2 Å². The summed E-state index contributed by atoms with van der Waals surface area (Å²) >= 11 is 0. The lowest BCUT2D eigenvalue weighted by Crippen LogP contribution is -2.50. The SMILES string of the molecule is CCN1CCO[C@@H](CNS(=O)(=O)c2ccoc2)[C@@H]1c1cncn1C. The Bertz CT molecular complexity index is 756. The van der Waals surface area contributed by atoms with Crippen LogP contribution in [0.25, 0.3) is 0 Å². The van der Waals surface area contributed by atoms with Crippen molar-refractivity contribution in [2.24, 2.45) is 7.05 Å². The van der Waals surface area contributed by atoms with E-state index in [0.29, 0.717) is 6.61 Å². The van der Waals surface area contributed by atoms with Crippen molar-refractivity contribution in [2.45, 2.75) is 24.0 Å². The number of hydrogen-bond acceptors (Lipinski definition) is 6. The number of imidazole rings is 1. The third kappa shape index (κ3) is 3.39. The van der Waals surface area contributed by atoms with Crippen molar-refractivity contribution in [3.63, 3.8) is 0 Å². The predicted octanol–water partition coefficient (Wildman–Crippen LogP) is 0.753. The maximum absolute atomic E-state index is 12.3. The normalized spacial score (nSPS) is 22.8. The fourth-order valence-electron chi connectivity index (χ4n) is 3.02. The number of rotatable bonds is 6. The zero-order valence-corrected chi connectivity index (χ0v) is 14.6. The van der Waals surface area contributed by atoms with Crippen LogP contribution in [0.3, 0.4) is 0 Å². The minimum absolute atomic E-state index is 0.0525. The van der Waals surface area contributed by atoms with E-state index in [2.05, 4.69) is 21.5 Å². The second kappa shape index (κ2) is 7.06. The van der Waals surface area contributed by atoms with E-state index in [4.69, 9.17) is 9.15 Å². The largest absolute Gasteiger partial charge is 0.471 e. The Balaban J connectivity index is 1.78. The number of nitrogens with one attached hydrogen (secondary N) is 1. The summed E-state index contributed by atoms with van der Waals surface area (Å²) in [5, 5.41) is 0. The smallest absolute Gasteiger partial charge is 0.243 e. The Morgan fingerprint density at radius 1 is 1.46 bits per heavy atom. The molecule has 0 amide bonds. The molecular weight excluding hydrogens is 332 g/mol. The molecule has 2 aromatic rings. The van der Waals surface area contributed by atoms with Gasteiger partial charge in [-0.1, -0.05) is 6.92 Å². The molecule has 1 N–H and O–H groups in total. The maximum atomic E-state index is 12.3. The van der Waals surface area contributed by atoms with Gasteiger partial charge in [0.15, 0.2) is 0 Å². The monoisotopic (exact) mass is 354 g/mol. The molecule has 3 rings (SSSR count). The summed E-state index contributed by atoms with van der Waals surface area (Å²) in [7, 11) is -1.68. The van der Waals surface area contributed by atoms with Crippen molar-refractivity contribution in [3.05, 3.63) is 36.8 Å². The molecule has 0 aromatic carbocycles. The van der Waals surface area contributed by atoms with E-state index >= 15 is 0 Å². The highest BCUT2D eigenvalue weighted by Gasteiger charge is 2.35. The van der Waals surface area contributed by atoms with Gasteiger partial charge in [0, 0.05) is 26.3 Å². The van der Waals surface area contributed by atoms with Crippen molar-refractivity contribution in [2.75, 3.05) is 26.2 Å². The molecule has 1 saturated heterocycles. The first kappa shape index (κ1) is 17.2. The number of morpholine rings is 1. The van der Waals surface area contributed by atoms with E-state index in [0.717, 1.165) is 18.8 Å². The zero-order chi connectivity index (χ0) is 17.2. The minimum Gasteiger partial charge on any atom is -0.471 e. The molecule has 1 aliphatic heterocycles. The summed E-state index contributed by atoms with van der Waals surface area (Å²) in [6, 6.07) is 1.37. The van der Waals surface area contributed by atoms with Crippen LogP contribution in [-0.2, 0) is 21.8 Å². The van der Waals surface area contributed by atoms with Gasteiger partial charge in [0.1, 0.15) is 11.2 Å². The highest BCUT2D eigenvalue weighted by Crippen LogP contribution is 2.29. The van der Waals surface area contributed by atoms with Gasteiger partial charge in [0.2, 0.25) is 10.0 Å². The van der Waals surface area contributed by atoms with Crippen LogP contribution in [0.5, 0.6) is 0 Å². The van der Waals surface area contributed by atoms with Crippen molar-refractivity contribution >= 4 is 10.0 Å². The summed E-state index contributed by atoms with van der Waals surface area (Å²) < 4.78 is 39.9. The Morgan fingerprint density at radius 2 is 2.29 bits per heavy atom. The van der Waals surface area contributed by atoms with E-state index < -0.39 is 10.0 Å². The summed E-state index contributed by atoms with van der Waals surface area (Å²) in [4.78, 5) is 6.57. The third-order valence-electron chi connectivity index (χ3n) is 4.30. The third-order valence-corrected chi connectivity index (χ3v) is 5.70. The molecular formula is C15H22N4O4S. The summed E-state index contributed by atoms with van der Waals surface area (Å²) in [6.45, 7) is 4.49. The van der Waals surface area contributed by atoms with E-state index in [1.54, 1.807) is 12.5 Å². The Hall–Kier alpha value is -1.68. The lowest BCUT2D eigenvalue weighted by molar-refractivity contribution is -0.0694. The molecule has 9 heteroatoms. The average molecular weight is 354 g/mol. The molecule has 0 spiro atoms. The zero-order valence-electron chi connectivity index (χ0n) is 13.8. The van der Waals surface area contributed by atoms with Crippen LogP contribution in [0.2, 0.25) is 0 Å². The first-order valence-corrected chi connectivity index (χ1v) is 9.35. The summed E-state index contributed by atoms with van der Waals surface area (Å²) in [6.07, 6.45) is 5.80. The minimum atomic E-state index is -3.61. The molecule has 0 unspecified atom stereocenters. The number of likely N-dealkylation sites (N-methyl/N-ethyl adjacent to an activating group) is 1. The van der Waals surface area contributed by atoms with Crippen molar-refractivity contribution in [3.8, 4) is 0 Å². The molecule has 1 aliphatic rings. The van der Waals surface area contributed by atoms with Gasteiger partial charge in [-0.25, -0.2) is 18.1 Å². The molecule has 2 atom stereocenters. The summed E-state index contributed by atoms with van der Waals surface area (Å²) in [5.41, 5.74) is 1.00. The second-order valence-corrected chi connectivity index (χ2v) is 7.49. The van der Waals surface area contributed by atoms with E-state index in [-0.39, 0.29) is 23.6 Å². The van der Waals surface area contributed by atoms with Crippen molar-refractivity contribution < 1.29 is 17.6 Å². The molecule has 2 aromatic heterocycles. The number of ether oxygens (including phenoxy) is 1. The van der Waals surface area contributed by atoms with Crippen LogP contribution < -0.4 is 4.72 Å². The second-order valence-electron chi connectivity index (χ2n) is 5.72. The van der Waals surface area contributed by atoms with Crippen LogP contribution in [0.1, 0.15) is 18.7 Å². The van der Waals surface area contributed by atoms with Gasteiger partial charge in [-0.15, -0.1) is 0 Å². The fraction of sp³-hybridized carbons (Fsp3) is 0.533. The molecule has 0 aliphatic carbocycles. The number of aryl methyl sites for hydroxylation is 1. The van der Waals surface area contributed by atoms with Gasteiger partial charge < -0.3 is 13.7 Å². The van der Waals surface area contributed by atoms with E-state index in [9.17, 15) is 8.42 Å². The Kier molecular flexibility index (Phi) is 5.04. The van der Waals surface area contributed by atoms with Gasteiger partial charge in [-0.3, -0.25) is 4.90 Å². The quantitative estimate of drug-likeness (QED) is 0.823.